The average molecular weight is 435 g/mol. The first-order valence-electron chi connectivity index (χ1n) is 13.0. The van der Waals surface area contributed by atoms with Crippen LogP contribution in [0.15, 0.2) is 24.0 Å². The fraction of sp³-hybridized carbons (Fsp3) is 0.815. The predicted octanol–water partition coefficient (Wildman–Crippen LogP) is 7.64. The molecule has 0 aromatic carbocycles. The largest absolute Gasteiger partial charge is 0.475 e. The normalized spacial score (nSPS) is 25.7. The Kier molecular flexibility index (Phi) is 13.0. The molecule has 2 unspecified atom stereocenters. The van der Waals surface area contributed by atoms with Gasteiger partial charge in [-0.25, -0.2) is 4.79 Å². The number of unbranched alkanes of at least 4 members (excludes halogenated alkanes) is 3. The van der Waals surface area contributed by atoms with Crippen LogP contribution in [0.25, 0.3) is 0 Å². The summed E-state index contributed by atoms with van der Waals surface area (Å²) in [4.78, 5) is 11.5. The van der Waals surface area contributed by atoms with Crippen LogP contribution in [0, 0.1) is 17.8 Å². The Labute approximate surface area is 190 Å². The molecule has 2 aliphatic rings. The van der Waals surface area contributed by atoms with Crippen molar-refractivity contribution in [2.45, 2.75) is 116 Å². The van der Waals surface area contributed by atoms with Gasteiger partial charge in [-0.15, -0.1) is 0 Å². The fourth-order valence-electron chi connectivity index (χ4n) is 4.94. The highest BCUT2D eigenvalue weighted by molar-refractivity contribution is 5.84. The first-order chi connectivity index (χ1) is 15.1. The zero-order valence-electron chi connectivity index (χ0n) is 20.0. The highest BCUT2D eigenvalue weighted by Crippen LogP contribution is 2.36. The van der Waals surface area contributed by atoms with Crippen LogP contribution in [0.3, 0.4) is 0 Å². The van der Waals surface area contributed by atoms with Gasteiger partial charge in [0.15, 0.2) is 6.29 Å². The second-order valence-electron chi connectivity index (χ2n) is 9.68. The maximum atomic E-state index is 11.5. The highest BCUT2D eigenvalue weighted by atomic mass is 16.7. The minimum Gasteiger partial charge on any atom is -0.475 e. The molecule has 0 aromatic rings. The molecular formula is C27H46O4. The Balaban J connectivity index is 1.64. The first kappa shape index (κ1) is 26.0. The van der Waals surface area contributed by atoms with Crippen LogP contribution in [0.2, 0.25) is 0 Å². The van der Waals surface area contributed by atoms with Gasteiger partial charge in [-0.1, -0.05) is 58.1 Å². The van der Waals surface area contributed by atoms with E-state index in [9.17, 15) is 9.90 Å². The van der Waals surface area contributed by atoms with E-state index in [1.807, 2.05) is 0 Å². The van der Waals surface area contributed by atoms with Crippen molar-refractivity contribution < 1.29 is 19.4 Å². The van der Waals surface area contributed by atoms with Crippen molar-refractivity contribution in [2.24, 2.45) is 17.8 Å². The van der Waals surface area contributed by atoms with Crippen molar-refractivity contribution in [2.75, 3.05) is 6.61 Å². The monoisotopic (exact) mass is 434 g/mol. The molecule has 4 nitrogen and oxygen atoms in total. The summed E-state index contributed by atoms with van der Waals surface area (Å²) < 4.78 is 11.1. The molecule has 1 N–H and O–H groups in total. The molecule has 0 amide bonds. The molecule has 4 atom stereocenters. The van der Waals surface area contributed by atoms with Crippen molar-refractivity contribution in [1.29, 1.82) is 0 Å². The van der Waals surface area contributed by atoms with Gasteiger partial charge in [0.05, 0.1) is 6.61 Å². The van der Waals surface area contributed by atoms with E-state index in [0.29, 0.717) is 6.61 Å². The third-order valence-electron chi connectivity index (χ3n) is 6.94. The van der Waals surface area contributed by atoms with Gasteiger partial charge in [0, 0.05) is 6.42 Å². The van der Waals surface area contributed by atoms with Crippen LogP contribution < -0.4 is 0 Å². The Morgan fingerprint density at radius 1 is 1.10 bits per heavy atom. The Hall–Kier alpha value is -1.29. The maximum absolute atomic E-state index is 11.5. The van der Waals surface area contributed by atoms with Crippen molar-refractivity contribution >= 4 is 5.97 Å². The van der Waals surface area contributed by atoms with Crippen molar-refractivity contribution in [3.05, 3.63) is 24.0 Å². The van der Waals surface area contributed by atoms with Crippen LogP contribution in [0.1, 0.15) is 110 Å². The summed E-state index contributed by atoms with van der Waals surface area (Å²) in [6.45, 7) is 5.32. The Morgan fingerprint density at radius 2 is 1.97 bits per heavy atom. The van der Waals surface area contributed by atoms with E-state index in [0.717, 1.165) is 56.3 Å². The molecule has 0 radical (unpaired) electrons. The molecule has 0 spiro atoms. The number of aliphatic carboxylic acids is 1. The van der Waals surface area contributed by atoms with E-state index in [-0.39, 0.29) is 5.76 Å². The molecular weight excluding hydrogens is 388 g/mol. The van der Waals surface area contributed by atoms with Gasteiger partial charge in [0.25, 0.3) is 0 Å². The smallest absolute Gasteiger partial charge is 0.370 e. The van der Waals surface area contributed by atoms with Gasteiger partial charge in [-0.3, -0.25) is 0 Å². The summed E-state index contributed by atoms with van der Waals surface area (Å²) in [5, 5.41) is 9.39. The van der Waals surface area contributed by atoms with Gasteiger partial charge >= 0.3 is 5.97 Å². The summed E-state index contributed by atoms with van der Waals surface area (Å²) in [6.07, 6.45) is 23.9. The lowest BCUT2D eigenvalue weighted by Gasteiger charge is -2.23. The van der Waals surface area contributed by atoms with Gasteiger partial charge in [-0.05, 0) is 81.6 Å². The van der Waals surface area contributed by atoms with Crippen LogP contribution >= 0.6 is 0 Å². The number of ether oxygens (including phenoxy) is 2. The minimum atomic E-state index is -0.987. The summed E-state index contributed by atoms with van der Waals surface area (Å²) in [5.41, 5.74) is 0. The number of carbonyl (C=O) groups is 1. The molecule has 1 heterocycles. The molecule has 1 aliphatic carbocycles. The Morgan fingerprint density at radius 3 is 2.71 bits per heavy atom. The second kappa shape index (κ2) is 15.5. The standard InChI is InChI=1S/C27H46O4/c1-3-4-13-22(2)14-8-9-16-24-18-12-17-23(24)15-6-5-7-19-25(27(28)29)31-26-20-10-11-21-30-26/h9,16,19,22-24,26H,3-8,10-15,17-18,20-21H2,1-2H3,(H,28,29)/t22?,23-,24-,26?/m0/s1. The van der Waals surface area contributed by atoms with E-state index >= 15 is 0 Å². The molecule has 1 saturated carbocycles. The number of carboxylic acid groups (broad SMARTS) is 1. The molecule has 1 aliphatic heterocycles. The van der Waals surface area contributed by atoms with E-state index in [1.165, 1.54) is 57.8 Å². The third kappa shape index (κ3) is 10.7. The van der Waals surface area contributed by atoms with Crippen LogP contribution in [0.4, 0.5) is 0 Å². The topological polar surface area (TPSA) is 55.8 Å². The summed E-state index contributed by atoms with van der Waals surface area (Å²) in [7, 11) is 0. The highest BCUT2D eigenvalue weighted by Gasteiger charge is 2.24. The molecule has 2 fully saturated rings. The van der Waals surface area contributed by atoms with Crippen molar-refractivity contribution in [1.82, 2.24) is 0 Å². The number of hydrogen-bond acceptors (Lipinski definition) is 3. The summed E-state index contributed by atoms with van der Waals surface area (Å²) in [5.74, 6) is 1.48. The zero-order valence-corrected chi connectivity index (χ0v) is 20.0. The first-order valence-corrected chi connectivity index (χ1v) is 13.0. The van der Waals surface area contributed by atoms with Gasteiger partial charge in [-0.2, -0.15) is 0 Å². The Bertz CT molecular complexity index is 547. The van der Waals surface area contributed by atoms with Gasteiger partial charge in [0.1, 0.15) is 0 Å². The molecule has 2 rings (SSSR count). The minimum absolute atomic E-state index is 0.0572. The number of carboxylic acids is 1. The van der Waals surface area contributed by atoms with E-state index in [4.69, 9.17) is 9.47 Å². The van der Waals surface area contributed by atoms with E-state index < -0.39 is 12.3 Å². The number of rotatable bonds is 15. The SMILES string of the molecule is CCCCC(C)CCC=C[C@H]1CCC[C@@H]1CCCCC=C(OC1CCCCO1)C(=O)O. The van der Waals surface area contributed by atoms with Crippen LogP contribution in [-0.4, -0.2) is 24.0 Å². The van der Waals surface area contributed by atoms with E-state index in [2.05, 4.69) is 26.0 Å². The molecule has 4 heteroatoms. The lowest BCUT2D eigenvalue weighted by molar-refractivity contribution is -0.159. The lowest BCUT2D eigenvalue weighted by atomic mass is 9.90. The van der Waals surface area contributed by atoms with Gasteiger partial charge < -0.3 is 14.6 Å². The van der Waals surface area contributed by atoms with Crippen LogP contribution in [0.5, 0.6) is 0 Å². The predicted molar refractivity (Wildman–Crippen MR) is 127 cm³/mol. The lowest BCUT2D eigenvalue weighted by Crippen LogP contribution is -2.24. The molecule has 1 saturated heterocycles. The average Bonchev–Trinajstić information content (AvgIpc) is 3.22. The molecule has 178 valence electrons. The third-order valence-corrected chi connectivity index (χ3v) is 6.94. The molecule has 0 aromatic heterocycles. The molecule has 0 bridgehead atoms. The molecule has 31 heavy (non-hydrogen) atoms. The summed E-state index contributed by atoms with van der Waals surface area (Å²) in [6, 6.07) is 0. The number of allylic oxidation sites excluding steroid dienone is 3. The van der Waals surface area contributed by atoms with Gasteiger partial charge in [0.2, 0.25) is 5.76 Å². The fourth-order valence-corrected chi connectivity index (χ4v) is 4.94. The van der Waals surface area contributed by atoms with E-state index in [1.54, 1.807) is 6.08 Å². The quantitative estimate of drug-likeness (QED) is 0.124. The summed E-state index contributed by atoms with van der Waals surface area (Å²) >= 11 is 0. The maximum Gasteiger partial charge on any atom is 0.370 e. The second-order valence-corrected chi connectivity index (χ2v) is 9.68. The zero-order chi connectivity index (χ0) is 22.3. The van der Waals surface area contributed by atoms with Crippen molar-refractivity contribution in [3.8, 4) is 0 Å². The number of hydrogen-bond donors (Lipinski definition) is 1. The van der Waals surface area contributed by atoms with Crippen LogP contribution in [-0.2, 0) is 14.3 Å². The van der Waals surface area contributed by atoms with Crippen molar-refractivity contribution in [3.63, 3.8) is 0 Å².